The van der Waals surface area contributed by atoms with Gasteiger partial charge in [-0.25, -0.2) is 8.78 Å². The summed E-state index contributed by atoms with van der Waals surface area (Å²) >= 11 is 1.04. The van der Waals surface area contributed by atoms with Crippen LogP contribution in [0.25, 0.3) is 0 Å². The number of nitrogens with zero attached hydrogens (tertiary/aromatic N) is 2. The summed E-state index contributed by atoms with van der Waals surface area (Å²) in [6.07, 6.45) is -8.27. The van der Waals surface area contributed by atoms with Gasteiger partial charge in [0.2, 0.25) is 0 Å². The quantitative estimate of drug-likeness (QED) is 0.347. The minimum atomic E-state index is -5.02. The summed E-state index contributed by atoms with van der Waals surface area (Å²) in [4.78, 5) is 11.8. The van der Waals surface area contributed by atoms with Gasteiger partial charge in [0.25, 0.3) is 12.1 Å². The molecule has 4 nitrogen and oxygen atoms in total. The smallest absolute Gasteiger partial charge is 0.358 e. The Morgan fingerprint density at radius 2 is 1.94 bits per heavy atom. The van der Waals surface area contributed by atoms with Gasteiger partial charge in [0.05, 0.1) is 3.57 Å². The number of alkyl halides is 5. The average molecular weight is 368 g/mol. The lowest BCUT2D eigenvalue weighted by atomic mass is 10.2. The van der Waals surface area contributed by atoms with Crippen LogP contribution >= 0.6 is 22.6 Å². The van der Waals surface area contributed by atoms with Gasteiger partial charge in [-0.3, -0.25) is 0 Å². The van der Waals surface area contributed by atoms with Gasteiger partial charge in [0.1, 0.15) is 0 Å². The maximum Gasteiger partial charge on any atom is 0.459 e. The minimum Gasteiger partial charge on any atom is -0.358 e. The van der Waals surface area contributed by atoms with Gasteiger partial charge in [-0.1, -0.05) is 0 Å². The van der Waals surface area contributed by atoms with E-state index in [2.05, 4.69) is 4.98 Å². The van der Waals surface area contributed by atoms with E-state index in [0.29, 0.717) is 6.07 Å². The molecule has 0 spiro atoms. The van der Waals surface area contributed by atoms with Crippen LogP contribution in [0, 0.1) is 13.7 Å². The molecule has 1 heterocycles. The van der Waals surface area contributed by atoms with Crippen LogP contribution in [0.3, 0.4) is 0 Å². The first-order valence-electron chi connectivity index (χ1n) is 3.84. The number of halogens is 6. The van der Waals surface area contributed by atoms with Crippen LogP contribution in [0.15, 0.2) is 6.07 Å². The molecule has 17 heavy (non-hydrogen) atoms. The number of aromatic nitrogens is 1. The van der Waals surface area contributed by atoms with Crippen molar-refractivity contribution < 1.29 is 26.9 Å². The van der Waals surface area contributed by atoms with Gasteiger partial charge < -0.3 is 10.1 Å². The summed E-state index contributed by atoms with van der Waals surface area (Å²) in [7, 11) is 0. The van der Waals surface area contributed by atoms with Crippen LogP contribution in [0.2, 0.25) is 0 Å². The lowest BCUT2D eigenvalue weighted by Crippen LogP contribution is -2.14. The number of nitro groups is 1. The van der Waals surface area contributed by atoms with Crippen molar-refractivity contribution >= 4 is 28.4 Å². The van der Waals surface area contributed by atoms with Crippen molar-refractivity contribution in [1.82, 2.24) is 4.98 Å². The van der Waals surface area contributed by atoms with E-state index >= 15 is 0 Å². The van der Waals surface area contributed by atoms with E-state index < -0.39 is 38.2 Å². The molecule has 94 valence electrons. The fraction of sp³-hybridized carbons (Fsp3) is 0.286. The third-order valence-corrected chi connectivity index (χ3v) is 2.80. The van der Waals surface area contributed by atoms with Crippen molar-refractivity contribution in [3.63, 3.8) is 0 Å². The van der Waals surface area contributed by atoms with Crippen molar-refractivity contribution in [2.24, 2.45) is 0 Å². The molecule has 0 saturated carbocycles. The van der Waals surface area contributed by atoms with Crippen molar-refractivity contribution in [1.29, 1.82) is 0 Å². The van der Waals surface area contributed by atoms with Crippen LogP contribution in [0.4, 0.5) is 27.8 Å². The molecule has 1 rings (SSSR count). The summed E-state index contributed by atoms with van der Waals surface area (Å²) in [5.74, 6) is -1.26. The predicted molar refractivity (Wildman–Crippen MR) is 53.6 cm³/mol. The molecule has 10 heteroatoms. The van der Waals surface area contributed by atoms with Crippen LogP contribution < -0.4 is 0 Å². The molecule has 0 atom stereocenters. The van der Waals surface area contributed by atoms with Gasteiger partial charge in [0, 0.05) is 11.6 Å². The zero-order valence-electron chi connectivity index (χ0n) is 7.63. The molecule has 0 bridgehead atoms. The Morgan fingerprint density at radius 1 is 1.41 bits per heavy atom. The highest BCUT2D eigenvalue weighted by Gasteiger charge is 2.42. The maximum atomic E-state index is 12.4. The first-order chi connectivity index (χ1) is 7.64. The van der Waals surface area contributed by atoms with Gasteiger partial charge >= 0.3 is 12.0 Å². The fourth-order valence-corrected chi connectivity index (χ4v) is 1.79. The van der Waals surface area contributed by atoms with Crippen molar-refractivity contribution in [3.8, 4) is 0 Å². The molecule has 0 aliphatic carbocycles. The Labute approximate surface area is 104 Å². The van der Waals surface area contributed by atoms with Gasteiger partial charge in [-0.05, 0) is 32.5 Å². The van der Waals surface area contributed by atoms with Crippen molar-refractivity contribution in [2.75, 3.05) is 0 Å². The normalized spacial score (nSPS) is 11.9. The van der Waals surface area contributed by atoms with E-state index in [4.69, 9.17) is 0 Å². The highest BCUT2D eigenvalue weighted by atomic mass is 127. The second-order valence-corrected chi connectivity index (χ2v) is 3.87. The van der Waals surface area contributed by atoms with E-state index in [0.717, 1.165) is 22.6 Å². The topological polar surface area (TPSA) is 56.0 Å². The highest BCUT2D eigenvalue weighted by Crippen LogP contribution is 2.37. The third-order valence-electron chi connectivity index (χ3n) is 1.66. The molecule has 0 fully saturated rings. The minimum absolute atomic E-state index is 0.335. The third kappa shape index (κ3) is 2.98. The predicted octanol–water partition coefficient (Wildman–Crippen LogP) is 3.55. The lowest BCUT2D eigenvalue weighted by Gasteiger charge is -2.08. The second kappa shape index (κ2) is 4.66. The molecule has 0 aromatic carbocycles. The summed E-state index contributed by atoms with van der Waals surface area (Å²) in [6, 6.07) is 0.335. The monoisotopic (exact) mass is 368 g/mol. The highest BCUT2D eigenvalue weighted by molar-refractivity contribution is 14.1. The molecule has 1 aromatic heterocycles. The summed E-state index contributed by atoms with van der Waals surface area (Å²) in [5, 5.41) is 10.3. The molecule has 0 unspecified atom stereocenters. The average Bonchev–Trinajstić information content (AvgIpc) is 2.15. The van der Waals surface area contributed by atoms with Gasteiger partial charge in [-0.2, -0.15) is 13.2 Å². The molecule has 0 aliphatic heterocycles. The van der Waals surface area contributed by atoms with Crippen molar-refractivity contribution in [2.45, 2.75) is 12.6 Å². The van der Waals surface area contributed by atoms with E-state index in [-0.39, 0.29) is 0 Å². The fourth-order valence-electron chi connectivity index (χ4n) is 0.975. The van der Waals surface area contributed by atoms with Crippen LogP contribution in [0.1, 0.15) is 17.7 Å². The summed E-state index contributed by atoms with van der Waals surface area (Å²) in [5.41, 5.74) is -2.73. The zero-order valence-corrected chi connectivity index (χ0v) is 9.79. The number of rotatable bonds is 2. The van der Waals surface area contributed by atoms with Crippen LogP contribution in [-0.4, -0.2) is 9.91 Å². The molecule has 0 N–H and O–H groups in total. The molecule has 0 radical (unpaired) electrons. The van der Waals surface area contributed by atoms with Crippen LogP contribution in [0.5, 0.6) is 0 Å². The van der Waals surface area contributed by atoms with Gasteiger partial charge in [-0.15, -0.1) is 0 Å². The largest absolute Gasteiger partial charge is 0.459 e. The van der Waals surface area contributed by atoms with Crippen molar-refractivity contribution in [3.05, 3.63) is 31.0 Å². The molecule has 0 saturated heterocycles. The Balaban J connectivity index is 3.55. The Morgan fingerprint density at radius 3 is 2.29 bits per heavy atom. The van der Waals surface area contributed by atoms with Crippen LogP contribution in [-0.2, 0) is 6.18 Å². The Hall–Kier alpha value is -1.07. The number of pyridine rings is 1. The lowest BCUT2D eigenvalue weighted by molar-refractivity contribution is -0.390. The summed E-state index contributed by atoms with van der Waals surface area (Å²) < 4.78 is 61.2. The number of hydrogen-bond donors (Lipinski definition) is 0. The molecular formula is C7H2F5IN2O2. The second-order valence-electron chi connectivity index (χ2n) is 2.79. The first-order valence-corrected chi connectivity index (χ1v) is 4.92. The maximum absolute atomic E-state index is 12.4. The Bertz CT molecular complexity index is 462. The molecule has 1 aromatic rings. The molecule has 0 amide bonds. The number of hydrogen-bond acceptors (Lipinski definition) is 3. The van der Waals surface area contributed by atoms with E-state index in [9.17, 15) is 32.1 Å². The van der Waals surface area contributed by atoms with E-state index in [1.807, 2.05) is 0 Å². The van der Waals surface area contributed by atoms with Gasteiger partial charge in [0.15, 0.2) is 0 Å². The van der Waals surface area contributed by atoms with E-state index in [1.54, 1.807) is 0 Å². The molecule has 0 aliphatic rings. The zero-order chi connectivity index (χ0) is 13.4. The summed E-state index contributed by atoms with van der Waals surface area (Å²) in [6.45, 7) is 0. The standard InChI is InChI=1S/C7H2F5IN2O2/c8-6(9)2-1-3(15(16)17)14-5(4(2)13)7(10,11)12/h1,6H. The molecular weight excluding hydrogens is 366 g/mol. The first kappa shape index (κ1) is 14.0. The Kier molecular flexibility index (Phi) is 3.84. The van der Waals surface area contributed by atoms with E-state index in [1.165, 1.54) is 0 Å². The SMILES string of the molecule is O=[N+]([O-])c1cc(C(F)F)c(I)c(C(F)(F)F)n1.